The van der Waals surface area contributed by atoms with Crippen molar-refractivity contribution >= 4 is 5.78 Å². The lowest BCUT2D eigenvalue weighted by atomic mass is 10.0. The number of ketones is 1. The van der Waals surface area contributed by atoms with Crippen LogP contribution in [0.25, 0.3) is 11.1 Å². The van der Waals surface area contributed by atoms with Crippen LogP contribution < -0.4 is 4.74 Å². The van der Waals surface area contributed by atoms with Crippen molar-refractivity contribution in [2.75, 3.05) is 7.11 Å². The van der Waals surface area contributed by atoms with Crippen LogP contribution in [-0.4, -0.2) is 12.9 Å². The lowest BCUT2D eigenvalue weighted by Crippen LogP contribution is -1.92. The molecule has 86 valence electrons. The highest BCUT2D eigenvalue weighted by Gasteiger charge is 2.05. The number of carbonyl (C=O) groups excluding carboxylic acids is 1. The first-order valence-electron chi connectivity index (χ1n) is 5.47. The zero-order valence-electron chi connectivity index (χ0n) is 9.94. The average Bonchev–Trinajstić information content (AvgIpc) is 2.39. The van der Waals surface area contributed by atoms with Crippen LogP contribution >= 0.6 is 0 Å². The second kappa shape index (κ2) is 4.83. The highest BCUT2D eigenvalue weighted by molar-refractivity contribution is 5.94. The molecule has 0 heterocycles. The third kappa shape index (κ3) is 2.36. The number of hydrogen-bond donors (Lipinski definition) is 0. The van der Waals surface area contributed by atoms with Gasteiger partial charge in [0.1, 0.15) is 5.75 Å². The Balaban J connectivity index is 2.43. The van der Waals surface area contributed by atoms with Crippen LogP contribution in [-0.2, 0) is 0 Å². The summed E-state index contributed by atoms with van der Waals surface area (Å²) in [4.78, 5) is 11.2. The van der Waals surface area contributed by atoms with Crippen molar-refractivity contribution in [2.45, 2.75) is 6.92 Å². The van der Waals surface area contributed by atoms with E-state index < -0.39 is 0 Å². The molecule has 2 rings (SSSR count). The lowest BCUT2D eigenvalue weighted by Gasteiger charge is -2.08. The minimum atomic E-state index is 0.0802. The molecule has 0 spiro atoms. The standard InChI is InChI=1S/C15H14O2/c1-11(16)12-7-9-13(10-8-12)14-5-3-4-6-15(14)17-2/h3-10H,1-2H3. The molecule has 2 nitrogen and oxygen atoms in total. The van der Waals surface area contributed by atoms with E-state index in [0.29, 0.717) is 0 Å². The molecule has 2 aromatic carbocycles. The third-order valence-electron chi connectivity index (χ3n) is 2.71. The normalized spacial score (nSPS) is 10.0. The predicted octanol–water partition coefficient (Wildman–Crippen LogP) is 3.56. The number of hydrogen-bond acceptors (Lipinski definition) is 2. The molecule has 0 aromatic heterocycles. The number of rotatable bonds is 3. The molecule has 0 saturated carbocycles. The Morgan fingerprint density at radius 1 is 1.00 bits per heavy atom. The number of methoxy groups -OCH3 is 1. The molecule has 0 aliphatic rings. The molecule has 0 amide bonds. The minimum absolute atomic E-state index is 0.0802. The van der Waals surface area contributed by atoms with Crippen LogP contribution in [0.15, 0.2) is 48.5 Å². The monoisotopic (exact) mass is 226 g/mol. The number of carbonyl (C=O) groups is 1. The van der Waals surface area contributed by atoms with E-state index in [0.717, 1.165) is 22.4 Å². The van der Waals surface area contributed by atoms with Crippen LogP contribution in [0.2, 0.25) is 0 Å². The van der Waals surface area contributed by atoms with E-state index in [2.05, 4.69) is 0 Å². The molecule has 2 aromatic rings. The summed E-state index contributed by atoms with van der Waals surface area (Å²) in [6.45, 7) is 1.57. The smallest absolute Gasteiger partial charge is 0.159 e. The van der Waals surface area contributed by atoms with Crippen molar-refractivity contribution in [1.82, 2.24) is 0 Å². The van der Waals surface area contributed by atoms with Crippen LogP contribution in [0, 0.1) is 0 Å². The van der Waals surface area contributed by atoms with Crippen molar-refractivity contribution in [3.8, 4) is 16.9 Å². The van der Waals surface area contributed by atoms with Gasteiger partial charge in [0.15, 0.2) is 5.78 Å². The Labute approximate surface area is 101 Å². The zero-order chi connectivity index (χ0) is 12.3. The Morgan fingerprint density at radius 2 is 1.65 bits per heavy atom. The van der Waals surface area contributed by atoms with Gasteiger partial charge in [-0.25, -0.2) is 0 Å². The number of Topliss-reactive ketones (excluding diaryl/α,β-unsaturated/α-hetero) is 1. The first kappa shape index (κ1) is 11.4. The van der Waals surface area contributed by atoms with Crippen molar-refractivity contribution in [3.05, 3.63) is 54.1 Å². The van der Waals surface area contributed by atoms with Gasteiger partial charge < -0.3 is 4.74 Å². The van der Waals surface area contributed by atoms with Gasteiger partial charge in [-0.3, -0.25) is 4.79 Å². The van der Waals surface area contributed by atoms with E-state index in [1.807, 2.05) is 48.5 Å². The summed E-state index contributed by atoms with van der Waals surface area (Å²) in [5.74, 6) is 0.916. The maximum absolute atomic E-state index is 11.2. The van der Waals surface area contributed by atoms with Gasteiger partial charge in [0.2, 0.25) is 0 Å². The summed E-state index contributed by atoms with van der Waals surface area (Å²) >= 11 is 0. The Hall–Kier alpha value is -2.09. The van der Waals surface area contributed by atoms with Crippen molar-refractivity contribution in [3.63, 3.8) is 0 Å². The average molecular weight is 226 g/mol. The van der Waals surface area contributed by atoms with E-state index in [9.17, 15) is 4.79 Å². The quantitative estimate of drug-likeness (QED) is 0.748. The van der Waals surface area contributed by atoms with E-state index in [1.54, 1.807) is 14.0 Å². The molecule has 2 heteroatoms. The maximum atomic E-state index is 11.2. The molecule has 0 unspecified atom stereocenters. The van der Waals surface area contributed by atoms with Crippen LogP contribution in [0.4, 0.5) is 0 Å². The summed E-state index contributed by atoms with van der Waals surface area (Å²) < 4.78 is 5.31. The fourth-order valence-corrected chi connectivity index (χ4v) is 1.77. The molecular weight excluding hydrogens is 212 g/mol. The molecule has 0 saturated heterocycles. The summed E-state index contributed by atoms with van der Waals surface area (Å²) in [5.41, 5.74) is 2.81. The molecule has 0 radical (unpaired) electrons. The van der Waals surface area contributed by atoms with Crippen LogP contribution in [0.1, 0.15) is 17.3 Å². The summed E-state index contributed by atoms with van der Waals surface area (Å²) in [6.07, 6.45) is 0. The van der Waals surface area contributed by atoms with Crippen molar-refractivity contribution < 1.29 is 9.53 Å². The van der Waals surface area contributed by atoms with Gasteiger partial charge in [0.05, 0.1) is 7.11 Å². The van der Waals surface area contributed by atoms with E-state index in [4.69, 9.17) is 4.74 Å². The molecule has 0 aliphatic heterocycles. The fraction of sp³-hybridized carbons (Fsp3) is 0.133. The molecule has 0 bridgehead atoms. The first-order valence-corrected chi connectivity index (χ1v) is 5.47. The predicted molar refractivity (Wildman–Crippen MR) is 68.4 cm³/mol. The van der Waals surface area contributed by atoms with Gasteiger partial charge in [-0.1, -0.05) is 42.5 Å². The van der Waals surface area contributed by atoms with Gasteiger partial charge in [-0.05, 0) is 18.6 Å². The Kier molecular flexibility index (Phi) is 3.24. The highest BCUT2D eigenvalue weighted by Crippen LogP contribution is 2.29. The van der Waals surface area contributed by atoms with Crippen molar-refractivity contribution in [1.29, 1.82) is 0 Å². The summed E-state index contributed by atoms with van der Waals surface area (Å²) in [6, 6.07) is 15.4. The number of ether oxygens (including phenoxy) is 1. The molecule has 0 N–H and O–H groups in total. The van der Waals surface area contributed by atoms with Gasteiger partial charge in [0.25, 0.3) is 0 Å². The van der Waals surface area contributed by atoms with Crippen LogP contribution in [0.5, 0.6) is 5.75 Å². The van der Waals surface area contributed by atoms with E-state index in [1.165, 1.54) is 0 Å². The van der Waals surface area contributed by atoms with Gasteiger partial charge in [-0.2, -0.15) is 0 Å². The second-order valence-electron chi connectivity index (χ2n) is 3.83. The van der Waals surface area contributed by atoms with E-state index in [-0.39, 0.29) is 5.78 Å². The molecular formula is C15H14O2. The van der Waals surface area contributed by atoms with Crippen LogP contribution in [0.3, 0.4) is 0 Å². The lowest BCUT2D eigenvalue weighted by molar-refractivity contribution is 0.101. The number of benzene rings is 2. The van der Waals surface area contributed by atoms with E-state index >= 15 is 0 Å². The maximum Gasteiger partial charge on any atom is 0.159 e. The minimum Gasteiger partial charge on any atom is -0.496 e. The first-order chi connectivity index (χ1) is 8.22. The summed E-state index contributed by atoms with van der Waals surface area (Å²) in [5, 5.41) is 0. The van der Waals surface area contributed by atoms with Crippen molar-refractivity contribution in [2.24, 2.45) is 0 Å². The number of para-hydroxylation sites is 1. The SMILES string of the molecule is COc1ccccc1-c1ccc(C(C)=O)cc1. The van der Waals surface area contributed by atoms with Gasteiger partial charge in [-0.15, -0.1) is 0 Å². The second-order valence-corrected chi connectivity index (χ2v) is 3.83. The highest BCUT2D eigenvalue weighted by atomic mass is 16.5. The molecule has 0 aliphatic carbocycles. The molecule has 17 heavy (non-hydrogen) atoms. The molecule has 0 atom stereocenters. The largest absolute Gasteiger partial charge is 0.496 e. The van der Waals surface area contributed by atoms with Gasteiger partial charge in [0, 0.05) is 11.1 Å². The third-order valence-corrected chi connectivity index (χ3v) is 2.71. The Morgan fingerprint density at radius 3 is 2.24 bits per heavy atom. The molecule has 0 fully saturated rings. The summed E-state index contributed by atoms with van der Waals surface area (Å²) in [7, 11) is 1.66. The van der Waals surface area contributed by atoms with Gasteiger partial charge >= 0.3 is 0 Å². The zero-order valence-corrected chi connectivity index (χ0v) is 9.94. The Bertz CT molecular complexity index is 527. The fourth-order valence-electron chi connectivity index (χ4n) is 1.77. The topological polar surface area (TPSA) is 26.3 Å².